The van der Waals surface area contributed by atoms with Gasteiger partial charge in [0.05, 0.1) is 4.88 Å². The molecule has 2 aromatic heterocycles. The van der Waals surface area contributed by atoms with Gasteiger partial charge in [0.25, 0.3) is 11.8 Å². The van der Waals surface area contributed by atoms with Crippen molar-refractivity contribution in [3.63, 3.8) is 0 Å². The lowest BCUT2D eigenvalue weighted by Gasteiger charge is -2.06. The van der Waals surface area contributed by atoms with Crippen LogP contribution in [0.15, 0.2) is 28.2 Å². The van der Waals surface area contributed by atoms with Gasteiger partial charge in [0.1, 0.15) is 12.8 Å². The van der Waals surface area contributed by atoms with Gasteiger partial charge in [0, 0.05) is 0 Å². The van der Waals surface area contributed by atoms with Gasteiger partial charge in [-0.15, -0.1) is 11.3 Å². The van der Waals surface area contributed by atoms with E-state index in [1.54, 1.807) is 22.8 Å². The van der Waals surface area contributed by atoms with E-state index in [2.05, 4.69) is 10.3 Å². The van der Waals surface area contributed by atoms with E-state index in [1.165, 1.54) is 11.3 Å². The molecule has 0 unspecified atom stereocenters. The number of oxazole rings is 1. The van der Waals surface area contributed by atoms with Crippen molar-refractivity contribution in [2.75, 3.05) is 11.9 Å². The average molecular weight is 319 g/mol. The molecule has 112 valence electrons. The van der Waals surface area contributed by atoms with Gasteiger partial charge in [-0.2, -0.15) is 18.2 Å². The zero-order valence-electron chi connectivity index (χ0n) is 10.2. The van der Waals surface area contributed by atoms with Crippen LogP contribution in [-0.2, 0) is 0 Å². The summed E-state index contributed by atoms with van der Waals surface area (Å²) < 4.78 is 40.7. The third-order valence-electron chi connectivity index (χ3n) is 2.15. The van der Waals surface area contributed by atoms with Gasteiger partial charge < -0.3 is 9.73 Å². The molecule has 2 aromatic rings. The van der Waals surface area contributed by atoms with Crippen LogP contribution >= 0.6 is 11.3 Å². The van der Waals surface area contributed by atoms with Crippen LogP contribution in [0.1, 0.15) is 20.2 Å². The number of carbonyl (C=O) groups excluding carboxylic acids is 2. The number of aromatic nitrogens is 1. The first-order valence-electron chi connectivity index (χ1n) is 5.50. The number of rotatable bonds is 4. The summed E-state index contributed by atoms with van der Waals surface area (Å²) in [6, 6.07) is 2.97. The Morgan fingerprint density at radius 2 is 2.10 bits per heavy atom. The van der Waals surface area contributed by atoms with Crippen LogP contribution in [0.25, 0.3) is 0 Å². The van der Waals surface area contributed by atoms with Crippen LogP contribution in [0.3, 0.4) is 0 Å². The van der Waals surface area contributed by atoms with E-state index in [1.807, 2.05) is 0 Å². The minimum atomic E-state index is -4.52. The summed E-state index contributed by atoms with van der Waals surface area (Å²) in [5.74, 6) is -1.54. The van der Waals surface area contributed by atoms with Crippen LogP contribution in [0.2, 0.25) is 0 Å². The highest BCUT2D eigenvalue weighted by molar-refractivity contribution is 7.12. The van der Waals surface area contributed by atoms with Gasteiger partial charge in [0.15, 0.2) is 5.69 Å². The Hall–Kier alpha value is -2.36. The minimum Gasteiger partial charge on any atom is -0.431 e. The number of thiophene rings is 1. The number of halogens is 3. The molecule has 0 aliphatic rings. The van der Waals surface area contributed by atoms with Crippen molar-refractivity contribution < 1.29 is 27.2 Å². The predicted octanol–water partition coefficient (Wildman–Crippen LogP) is 2.28. The Balaban J connectivity index is 1.95. The molecular formula is C11H8F3N3O3S. The summed E-state index contributed by atoms with van der Waals surface area (Å²) in [7, 11) is 0. The summed E-state index contributed by atoms with van der Waals surface area (Å²) in [5.41, 5.74) is -0.360. The molecule has 0 saturated carbocycles. The van der Waals surface area contributed by atoms with E-state index in [4.69, 9.17) is 4.42 Å². The highest BCUT2D eigenvalue weighted by Gasteiger charge is 2.28. The van der Waals surface area contributed by atoms with Crippen molar-refractivity contribution in [3.05, 3.63) is 34.3 Å². The molecule has 10 heteroatoms. The number of amides is 2. The second-order valence-electron chi connectivity index (χ2n) is 3.77. The third kappa shape index (κ3) is 4.31. The normalized spacial score (nSPS) is 11.2. The van der Waals surface area contributed by atoms with Crippen LogP contribution in [0.4, 0.5) is 19.2 Å². The van der Waals surface area contributed by atoms with E-state index in [0.29, 0.717) is 4.88 Å². The molecule has 0 saturated heterocycles. The number of carbonyl (C=O) groups is 2. The molecule has 0 aromatic carbocycles. The molecule has 2 N–H and O–H groups in total. The molecule has 0 aliphatic carbocycles. The Morgan fingerprint density at radius 3 is 2.71 bits per heavy atom. The maximum Gasteiger partial charge on any atom is 0.405 e. The van der Waals surface area contributed by atoms with E-state index in [9.17, 15) is 22.8 Å². The summed E-state index contributed by atoms with van der Waals surface area (Å²) in [6.45, 7) is -1.48. The molecule has 0 atom stereocenters. The van der Waals surface area contributed by atoms with Crippen molar-refractivity contribution in [1.29, 1.82) is 0 Å². The van der Waals surface area contributed by atoms with Crippen LogP contribution in [0.5, 0.6) is 0 Å². The fourth-order valence-corrected chi connectivity index (χ4v) is 1.89. The zero-order chi connectivity index (χ0) is 15.5. The second kappa shape index (κ2) is 5.95. The first-order valence-corrected chi connectivity index (χ1v) is 6.38. The first kappa shape index (κ1) is 15.0. The predicted molar refractivity (Wildman–Crippen MR) is 67.2 cm³/mol. The van der Waals surface area contributed by atoms with E-state index in [-0.39, 0.29) is 11.7 Å². The molecule has 0 spiro atoms. The highest BCUT2D eigenvalue weighted by Crippen LogP contribution is 2.14. The fourth-order valence-electron chi connectivity index (χ4n) is 1.27. The minimum absolute atomic E-state index is 0.273. The van der Waals surface area contributed by atoms with Gasteiger partial charge >= 0.3 is 12.2 Å². The molecule has 0 radical (unpaired) electrons. The van der Waals surface area contributed by atoms with E-state index in [0.717, 1.165) is 6.26 Å². The van der Waals surface area contributed by atoms with Crippen molar-refractivity contribution in [2.24, 2.45) is 0 Å². The molecule has 21 heavy (non-hydrogen) atoms. The lowest BCUT2D eigenvalue weighted by Crippen LogP contribution is -2.33. The molecule has 2 rings (SSSR count). The van der Waals surface area contributed by atoms with Crippen LogP contribution < -0.4 is 10.6 Å². The van der Waals surface area contributed by atoms with Gasteiger partial charge in [-0.25, -0.2) is 0 Å². The lowest BCUT2D eigenvalue weighted by atomic mass is 10.4. The Labute approximate surface area is 120 Å². The van der Waals surface area contributed by atoms with Gasteiger partial charge in [-0.1, -0.05) is 6.07 Å². The molecule has 2 amide bonds. The van der Waals surface area contributed by atoms with Crippen molar-refractivity contribution >= 4 is 29.2 Å². The summed E-state index contributed by atoms with van der Waals surface area (Å²) >= 11 is 1.19. The number of nitrogens with one attached hydrogen (secondary N) is 2. The maximum atomic E-state index is 12.0. The van der Waals surface area contributed by atoms with Crippen molar-refractivity contribution in [1.82, 2.24) is 10.3 Å². The topological polar surface area (TPSA) is 84.2 Å². The quantitative estimate of drug-likeness (QED) is 0.905. The second-order valence-corrected chi connectivity index (χ2v) is 4.71. The summed E-state index contributed by atoms with van der Waals surface area (Å²) in [6.07, 6.45) is -3.66. The largest absolute Gasteiger partial charge is 0.431 e. The fraction of sp³-hybridized carbons (Fsp3) is 0.182. The monoisotopic (exact) mass is 319 g/mol. The first-order chi connectivity index (χ1) is 9.85. The van der Waals surface area contributed by atoms with E-state index < -0.39 is 24.5 Å². The molecule has 2 heterocycles. The highest BCUT2D eigenvalue weighted by atomic mass is 32.1. The van der Waals surface area contributed by atoms with Gasteiger partial charge in [0.2, 0.25) is 0 Å². The number of anilines is 1. The Bertz CT molecular complexity index is 637. The molecule has 0 bridgehead atoms. The SMILES string of the molecule is O=C(NCC(F)(F)F)c1coc(NC(=O)c2cccs2)n1. The number of alkyl halides is 3. The number of nitrogens with zero attached hydrogens (tertiary/aromatic N) is 1. The molecular weight excluding hydrogens is 311 g/mol. The van der Waals surface area contributed by atoms with E-state index >= 15 is 0 Å². The Kier molecular flexibility index (Phi) is 4.26. The van der Waals surface area contributed by atoms with Crippen LogP contribution in [-0.4, -0.2) is 29.5 Å². The van der Waals surface area contributed by atoms with Crippen LogP contribution in [0, 0.1) is 0 Å². The smallest absolute Gasteiger partial charge is 0.405 e. The average Bonchev–Trinajstić information content (AvgIpc) is 3.05. The number of hydrogen-bond donors (Lipinski definition) is 2. The molecule has 0 aliphatic heterocycles. The zero-order valence-corrected chi connectivity index (χ0v) is 11.0. The van der Waals surface area contributed by atoms with Crippen molar-refractivity contribution in [3.8, 4) is 0 Å². The Morgan fingerprint density at radius 1 is 1.33 bits per heavy atom. The summed E-state index contributed by atoms with van der Waals surface area (Å²) in [4.78, 5) is 27.0. The molecule has 0 fully saturated rings. The lowest BCUT2D eigenvalue weighted by molar-refractivity contribution is -0.123. The molecule has 6 nitrogen and oxygen atoms in total. The third-order valence-corrected chi connectivity index (χ3v) is 3.02. The summed E-state index contributed by atoms with van der Waals surface area (Å²) in [5, 5.41) is 5.61. The standard InChI is InChI=1S/C11H8F3N3O3S/c12-11(13,14)5-15-8(18)6-4-20-10(16-6)17-9(19)7-2-1-3-21-7/h1-4H,5H2,(H,15,18)(H,16,17,19). The van der Waals surface area contributed by atoms with Gasteiger partial charge in [-0.3, -0.25) is 14.9 Å². The maximum absolute atomic E-state index is 12.0. The number of hydrogen-bond acceptors (Lipinski definition) is 5. The van der Waals surface area contributed by atoms with Gasteiger partial charge in [-0.05, 0) is 11.4 Å². The van der Waals surface area contributed by atoms with Crippen molar-refractivity contribution in [2.45, 2.75) is 6.18 Å².